The number of amides is 1. The number of nitrogens with two attached hydrogens (primary N) is 1. The van der Waals surface area contributed by atoms with Crippen LogP contribution in [0.1, 0.15) is 41.3 Å². The van der Waals surface area contributed by atoms with E-state index in [0.717, 1.165) is 11.1 Å². The second-order valence-electron chi connectivity index (χ2n) is 4.69. The van der Waals surface area contributed by atoms with Gasteiger partial charge >= 0.3 is 0 Å². The molecule has 1 aromatic carbocycles. The molecule has 0 aromatic heterocycles. The van der Waals surface area contributed by atoms with E-state index >= 15 is 0 Å². The van der Waals surface area contributed by atoms with Gasteiger partial charge < -0.3 is 16.3 Å². The molecule has 0 aliphatic rings. The quantitative estimate of drug-likeness (QED) is 0.328. The highest BCUT2D eigenvalue weighted by Gasteiger charge is 2.15. The van der Waals surface area contributed by atoms with E-state index in [1.54, 1.807) is 0 Å². The summed E-state index contributed by atoms with van der Waals surface area (Å²) in [6.45, 7) is 5.79. The van der Waals surface area contributed by atoms with Crippen LogP contribution in [0.25, 0.3) is 0 Å². The minimum Gasteiger partial charge on any atom is -0.409 e. The topological polar surface area (TPSA) is 87.7 Å². The summed E-state index contributed by atoms with van der Waals surface area (Å²) in [6.07, 6.45) is 1.05. The van der Waals surface area contributed by atoms with Crippen LogP contribution in [0.3, 0.4) is 0 Å². The van der Waals surface area contributed by atoms with E-state index in [1.807, 2.05) is 39.0 Å². The van der Waals surface area contributed by atoms with Crippen LogP contribution in [-0.2, 0) is 0 Å². The number of nitrogens with one attached hydrogen (secondary N) is 1. The van der Waals surface area contributed by atoms with E-state index in [2.05, 4.69) is 10.5 Å². The van der Waals surface area contributed by atoms with Crippen molar-refractivity contribution in [3.8, 4) is 0 Å². The van der Waals surface area contributed by atoms with Crippen molar-refractivity contribution in [3.05, 3.63) is 34.9 Å². The summed E-state index contributed by atoms with van der Waals surface area (Å²) in [7, 11) is 0. The Kier molecular flexibility index (Phi) is 5.36. The summed E-state index contributed by atoms with van der Waals surface area (Å²) in [5.74, 6) is -0.00750. The molecule has 0 aliphatic heterocycles. The number of nitrogens with zero attached hydrogens (tertiary/aromatic N) is 1. The van der Waals surface area contributed by atoms with Gasteiger partial charge in [-0.15, -0.1) is 0 Å². The fourth-order valence-corrected chi connectivity index (χ4v) is 1.83. The van der Waals surface area contributed by atoms with Gasteiger partial charge in [0.2, 0.25) is 0 Å². The zero-order valence-electron chi connectivity index (χ0n) is 11.6. The molecule has 0 aliphatic carbocycles. The Balaban J connectivity index is 2.80. The monoisotopic (exact) mass is 263 g/mol. The van der Waals surface area contributed by atoms with Crippen LogP contribution in [-0.4, -0.2) is 23.0 Å². The molecule has 0 saturated carbocycles. The van der Waals surface area contributed by atoms with Gasteiger partial charge in [-0.25, -0.2) is 0 Å². The normalized spacial score (nSPS) is 13.1. The SMILES string of the molecule is CCC(CC(N)=NO)NC(=O)c1cc(C)ccc1C. The molecule has 0 radical (unpaired) electrons. The zero-order valence-corrected chi connectivity index (χ0v) is 11.6. The van der Waals surface area contributed by atoms with Crippen LogP contribution in [0.5, 0.6) is 0 Å². The fourth-order valence-electron chi connectivity index (χ4n) is 1.83. The van der Waals surface area contributed by atoms with Crippen molar-refractivity contribution in [2.45, 2.75) is 39.7 Å². The van der Waals surface area contributed by atoms with Gasteiger partial charge in [-0.1, -0.05) is 29.8 Å². The molecule has 1 amide bonds. The van der Waals surface area contributed by atoms with Crippen LogP contribution in [0.2, 0.25) is 0 Å². The summed E-state index contributed by atoms with van der Waals surface area (Å²) in [5.41, 5.74) is 8.11. The molecule has 1 rings (SSSR count). The maximum Gasteiger partial charge on any atom is 0.251 e. The lowest BCUT2D eigenvalue weighted by molar-refractivity contribution is 0.0936. The van der Waals surface area contributed by atoms with Crippen molar-refractivity contribution >= 4 is 11.7 Å². The minimum atomic E-state index is -0.136. The first-order chi connectivity index (χ1) is 8.97. The molecular formula is C14H21N3O2. The lowest BCUT2D eigenvalue weighted by Gasteiger charge is -2.17. The first-order valence-corrected chi connectivity index (χ1v) is 6.32. The molecule has 0 fully saturated rings. The summed E-state index contributed by atoms with van der Waals surface area (Å²) in [5, 5.41) is 14.4. The number of aryl methyl sites for hydroxylation is 2. The summed E-state index contributed by atoms with van der Waals surface area (Å²) < 4.78 is 0. The van der Waals surface area contributed by atoms with E-state index in [1.165, 1.54) is 0 Å². The average Bonchev–Trinajstić information content (AvgIpc) is 2.40. The number of carbonyl (C=O) groups excluding carboxylic acids is 1. The third-order valence-electron chi connectivity index (χ3n) is 3.05. The van der Waals surface area contributed by atoms with Gasteiger partial charge in [-0.3, -0.25) is 4.79 Å². The minimum absolute atomic E-state index is 0.119. The Bertz CT molecular complexity index is 484. The molecule has 19 heavy (non-hydrogen) atoms. The van der Waals surface area contributed by atoms with Gasteiger partial charge in [0.25, 0.3) is 5.91 Å². The van der Waals surface area contributed by atoms with Crippen LogP contribution in [0, 0.1) is 13.8 Å². The van der Waals surface area contributed by atoms with Gasteiger partial charge in [0.05, 0.1) is 0 Å². The van der Waals surface area contributed by atoms with Crippen molar-refractivity contribution in [2.75, 3.05) is 0 Å². The van der Waals surface area contributed by atoms with Crippen molar-refractivity contribution < 1.29 is 10.0 Å². The second kappa shape index (κ2) is 6.78. The standard InChI is InChI=1S/C14H21N3O2/c1-4-11(8-13(15)17-19)16-14(18)12-7-9(2)5-6-10(12)3/h5-7,11,19H,4,8H2,1-3H3,(H2,15,17)(H,16,18). The predicted octanol–water partition coefficient (Wildman–Crippen LogP) is 1.95. The van der Waals surface area contributed by atoms with E-state index in [9.17, 15) is 4.79 Å². The van der Waals surface area contributed by atoms with Crippen LogP contribution in [0.4, 0.5) is 0 Å². The largest absolute Gasteiger partial charge is 0.409 e. The zero-order chi connectivity index (χ0) is 14.4. The first kappa shape index (κ1) is 15.0. The molecule has 1 atom stereocenters. The van der Waals surface area contributed by atoms with Crippen LogP contribution >= 0.6 is 0 Å². The van der Waals surface area contributed by atoms with E-state index in [0.29, 0.717) is 18.4 Å². The van der Waals surface area contributed by atoms with Gasteiger partial charge in [0, 0.05) is 18.0 Å². The summed E-state index contributed by atoms with van der Waals surface area (Å²) in [4.78, 5) is 12.2. The Morgan fingerprint density at radius 2 is 2.16 bits per heavy atom. The van der Waals surface area contributed by atoms with Crippen molar-refractivity contribution in [1.29, 1.82) is 0 Å². The Morgan fingerprint density at radius 1 is 1.47 bits per heavy atom. The van der Waals surface area contributed by atoms with Gasteiger partial charge in [0.15, 0.2) is 0 Å². The first-order valence-electron chi connectivity index (χ1n) is 6.32. The van der Waals surface area contributed by atoms with Crippen LogP contribution < -0.4 is 11.1 Å². The van der Waals surface area contributed by atoms with E-state index < -0.39 is 0 Å². The molecule has 0 saturated heterocycles. The molecule has 5 heteroatoms. The number of carbonyl (C=O) groups is 1. The maximum atomic E-state index is 12.2. The van der Waals surface area contributed by atoms with E-state index in [-0.39, 0.29) is 17.8 Å². The molecular weight excluding hydrogens is 242 g/mol. The molecule has 4 N–H and O–H groups in total. The van der Waals surface area contributed by atoms with Crippen molar-refractivity contribution in [2.24, 2.45) is 10.9 Å². The average molecular weight is 263 g/mol. The Labute approximate surface area is 113 Å². The number of oxime groups is 1. The third-order valence-corrected chi connectivity index (χ3v) is 3.05. The molecule has 1 unspecified atom stereocenters. The molecule has 1 aromatic rings. The molecule has 0 bridgehead atoms. The van der Waals surface area contributed by atoms with Crippen molar-refractivity contribution in [1.82, 2.24) is 5.32 Å². The molecule has 5 nitrogen and oxygen atoms in total. The highest BCUT2D eigenvalue weighted by atomic mass is 16.4. The number of hydrogen-bond donors (Lipinski definition) is 3. The molecule has 0 heterocycles. The fraction of sp³-hybridized carbons (Fsp3) is 0.429. The maximum absolute atomic E-state index is 12.2. The number of rotatable bonds is 5. The third kappa shape index (κ3) is 4.28. The molecule has 104 valence electrons. The lowest BCUT2D eigenvalue weighted by Crippen LogP contribution is -2.37. The van der Waals surface area contributed by atoms with Gasteiger partial charge in [-0.05, 0) is 31.9 Å². The molecule has 0 spiro atoms. The van der Waals surface area contributed by atoms with Crippen LogP contribution in [0.15, 0.2) is 23.4 Å². The highest BCUT2D eigenvalue weighted by molar-refractivity contribution is 5.96. The number of hydrogen-bond acceptors (Lipinski definition) is 3. The number of amidine groups is 1. The van der Waals surface area contributed by atoms with Gasteiger partial charge in [-0.2, -0.15) is 0 Å². The number of benzene rings is 1. The lowest BCUT2D eigenvalue weighted by atomic mass is 10.0. The van der Waals surface area contributed by atoms with Gasteiger partial charge in [0.1, 0.15) is 5.84 Å². The summed E-state index contributed by atoms with van der Waals surface area (Å²) >= 11 is 0. The smallest absolute Gasteiger partial charge is 0.251 e. The Morgan fingerprint density at radius 3 is 2.74 bits per heavy atom. The highest BCUT2D eigenvalue weighted by Crippen LogP contribution is 2.11. The van der Waals surface area contributed by atoms with Crippen molar-refractivity contribution in [3.63, 3.8) is 0 Å². The second-order valence-corrected chi connectivity index (χ2v) is 4.69. The summed E-state index contributed by atoms with van der Waals surface area (Å²) in [6, 6.07) is 5.62. The predicted molar refractivity (Wildman–Crippen MR) is 75.5 cm³/mol. The Hall–Kier alpha value is -2.04. The van der Waals surface area contributed by atoms with E-state index in [4.69, 9.17) is 10.9 Å².